The molecule has 2 heterocycles. The van der Waals surface area contributed by atoms with Crippen molar-refractivity contribution in [1.82, 2.24) is 9.29 Å². The Morgan fingerprint density at radius 3 is 2.45 bits per heavy atom. The Morgan fingerprint density at radius 2 is 1.80 bits per heavy atom. The summed E-state index contributed by atoms with van der Waals surface area (Å²) in [5.41, 5.74) is 1.11. The van der Waals surface area contributed by atoms with Crippen molar-refractivity contribution < 1.29 is 36.2 Å². The second-order valence-corrected chi connectivity index (χ2v) is 11.7. The Hall–Kier alpha value is -2.99. The van der Waals surface area contributed by atoms with Gasteiger partial charge in [-0.1, -0.05) is 47.5 Å². The lowest BCUT2D eigenvalue weighted by molar-refractivity contribution is -0.148. The van der Waals surface area contributed by atoms with E-state index in [0.29, 0.717) is 34.0 Å². The summed E-state index contributed by atoms with van der Waals surface area (Å²) in [4.78, 5) is 17.3. The van der Waals surface area contributed by atoms with E-state index in [1.807, 2.05) is 0 Å². The van der Waals surface area contributed by atoms with Crippen molar-refractivity contribution in [2.24, 2.45) is 0 Å². The van der Waals surface area contributed by atoms with E-state index in [1.165, 1.54) is 43.8 Å². The Morgan fingerprint density at radius 1 is 1.10 bits per heavy atom. The Balaban J connectivity index is 1.59. The number of hydrogen-bond acceptors (Lipinski definition) is 7. The summed E-state index contributed by atoms with van der Waals surface area (Å²) < 4.78 is 68.7. The second-order valence-electron chi connectivity index (χ2n) is 8.99. The maximum absolute atomic E-state index is 13.2. The summed E-state index contributed by atoms with van der Waals surface area (Å²) >= 11 is 12.7. The topological polar surface area (TPSA) is 95.0 Å². The zero-order chi connectivity index (χ0) is 28.9. The minimum Gasteiger partial charge on any atom is -0.493 e. The van der Waals surface area contributed by atoms with Crippen molar-refractivity contribution in [1.29, 1.82) is 0 Å². The van der Waals surface area contributed by atoms with Gasteiger partial charge in [-0.15, -0.1) is 0 Å². The first-order valence-corrected chi connectivity index (χ1v) is 14.5. The first kappa shape index (κ1) is 30.0. The minimum absolute atomic E-state index is 0.0528. The van der Waals surface area contributed by atoms with Crippen molar-refractivity contribution in [3.8, 4) is 11.5 Å². The lowest BCUT2D eigenvalue weighted by Crippen LogP contribution is -2.41. The van der Waals surface area contributed by atoms with Gasteiger partial charge in [0, 0.05) is 24.9 Å². The molecule has 0 unspecified atom stereocenters. The van der Waals surface area contributed by atoms with Crippen LogP contribution in [-0.2, 0) is 26.0 Å². The number of ether oxygens (including phenoxy) is 3. The molecule has 0 saturated carbocycles. The van der Waals surface area contributed by atoms with Crippen LogP contribution >= 0.6 is 23.2 Å². The molecule has 0 bridgehead atoms. The molecule has 214 valence electrons. The van der Waals surface area contributed by atoms with Gasteiger partial charge in [-0.05, 0) is 54.7 Å². The number of benzene rings is 2. The number of rotatable bonds is 11. The van der Waals surface area contributed by atoms with Crippen LogP contribution in [0.25, 0.3) is 0 Å². The van der Waals surface area contributed by atoms with E-state index in [9.17, 15) is 22.0 Å². The molecule has 4 rings (SSSR count). The van der Waals surface area contributed by atoms with Gasteiger partial charge in [0.05, 0.1) is 28.7 Å². The number of alkyl halides is 2. The van der Waals surface area contributed by atoms with Crippen molar-refractivity contribution in [3.63, 3.8) is 0 Å². The lowest BCUT2D eigenvalue weighted by atomic mass is 9.92. The molecule has 13 heteroatoms. The number of halogens is 4. The summed E-state index contributed by atoms with van der Waals surface area (Å²) in [6, 6.07) is 11.3. The molecule has 0 aliphatic carbocycles. The third kappa shape index (κ3) is 6.83. The molecule has 1 aromatic heterocycles. The van der Waals surface area contributed by atoms with Crippen molar-refractivity contribution in [2.75, 3.05) is 20.3 Å². The normalized spacial score (nSPS) is 16.6. The van der Waals surface area contributed by atoms with Crippen LogP contribution in [0.3, 0.4) is 0 Å². The number of hydrogen-bond donors (Lipinski definition) is 0. The van der Waals surface area contributed by atoms with Gasteiger partial charge in [-0.25, -0.2) is 8.42 Å². The maximum Gasteiger partial charge on any atom is 0.387 e. The number of aromatic nitrogens is 1. The first-order chi connectivity index (χ1) is 19.1. The molecule has 1 saturated heterocycles. The van der Waals surface area contributed by atoms with Crippen LogP contribution in [0.4, 0.5) is 8.78 Å². The van der Waals surface area contributed by atoms with E-state index >= 15 is 0 Å². The number of pyridine rings is 1. The van der Waals surface area contributed by atoms with Crippen LogP contribution in [-0.4, -0.2) is 56.6 Å². The van der Waals surface area contributed by atoms with Gasteiger partial charge >= 0.3 is 12.6 Å². The predicted molar refractivity (Wildman–Crippen MR) is 145 cm³/mol. The molecule has 1 aliphatic heterocycles. The Labute approximate surface area is 240 Å². The molecular formula is C27H26Cl2F2N2O6S. The molecule has 2 aromatic carbocycles. The molecular weight excluding hydrogens is 589 g/mol. The predicted octanol–water partition coefficient (Wildman–Crippen LogP) is 5.72. The largest absolute Gasteiger partial charge is 0.493 e. The Kier molecular flexibility index (Phi) is 9.83. The van der Waals surface area contributed by atoms with Gasteiger partial charge < -0.3 is 14.2 Å². The van der Waals surface area contributed by atoms with Crippen molar-refractivity contribution in [3.05, 3.63) is 82.1 Å². The number of methoxy groups -OCH3 is 1. The van der Waals surface area contributed by atoms with E-state index < -0.39 is 34.6 Å². The third-order valence-corrected chi connectivity index (χ3v) is 9.10. The number of sulfonamides is 1. The highest BCUT2D eigenvalue weighted by molar-refractivity contribution is 7.89. The third-order valence-electron chi connectivity index (χ3n) is 6.53. The molecule has 8 nitrogen and oxygen atoms in total. The Bertz CT molecular complexity index is 1430. The summed E-state index contributed by atoms with van der Waals surface area (Å²) in [5.74, 6) is -1.36. The van der Waals surface area contributed by atoms with Crippen LogP contribution in [0.15, 0.2) is 65.8 Å². The highest BCUT2D eigenvalue weighted by Crippen LogP contribution is 2.36. The fourth-order valence-corrected chi connectivity index (χ4v) is 6.74. The van der Waals surface area contributed by atoms with Gasteiger partial charge in [0.25, 0.3) is 0 Å². The van der Waals surface area contributed by atoms with Gasteiger partial charge in [0.2, 0.25) is 10.0 Å². The summed E-state index contributed by atoms with van der Waals surface area (Å²) in [6.07, 6.45) is 3.86. The van der Waals surface area contributed by atoms with Gasteiger partial charge in [0.1, 0.15) is 6.04 Å². The molecule has 40 heavy (non-hydrogen) atoms. The van der Waals surface area contributed by atoms with E-state index in [0.717, 1.165) is 4.31 Å². The lowest BCUT2D eigenvalue weighted by Gasteiger charge is -2.25. The van der Waals surface area contributed by atoms with Crippen molar-refractivity contribution in [2.45, 2.75) is 42.7 Å². The molecule has 0 spiro atoms. The average Bonchev–Trinajstić information content (AvgIpc) is 3.44. The average molecular weight is 615 g/mol. The number of nitrogens with zero attached hydrogens (tertiary/aromatic N) is 2. The second kappa shape index (κ2) is 13.1. The summed E-state index contributed by atoms with van der Waals surface area (Å²) in [5, 5.41) is 0.591. The monoisotopic (exact) mass is 614 g/mol. The highest BCUT2D eigenvalue weighted by atomic mass is 35.5. The van der Waals surface area contributed by atoms with Crippen LogP contribution < -0.4 is 9.47 Å². The fraction of sp³-hybridized carbons (Fsp3) is 0.333. The molecule has 0 amide bonds. The summed E-state index contributed by atoms with van der Waals surface area (Å²) in [6.45, 7) is -3.04. The first-order valence-electron chi connectivity index (χ1n) is 12.3. The number of esters is 1. The fourth-order valence-electron chi connectivity index (χ4n) is 4.55. The summed E-state index contributed by atoms with van der Waals surface area (Å²) in [7, 11) is -2.60. The zero-order valence-electron chi connectivity index (χ0n) is 21.3. The van der Waals surface area contributed by atoms with Crippen LogP contribution in [0.5, 0.6) is 11.5 Å². The standard InChI is InChI=1S/C27H26Cl2F2N2O6S/c1-37-25-13-17(9-10-24(25)39-27(30)31)18(12-20-21(28)14-32-15-22(20)29)16-38-26(34)23-8-5-11-33(23)40(35,36)19-6-3-2-4-7-19/h2-4,6-7,9-10,13-15,18,23,27H,5,8,11-12,16H2,1H3/t18-,23+/m1/s1. The van der Waals surface area contributed by atoms with Crippen LogP contribution in [0, 0.1) is 0 Å². The van der Waals surface area contributed by atoms with Gasteiger partial charge in [-0.2, -0.15) is 13.1 Å². The molecule has 3 aromatic rings. The molecule has 1 fully saturated rings. The smallest absolute Gasteiger partial charge is 0.387 e. The van der Waals surface area contributed by atoms with E-state index in [2.05, 4.69) is 9.72 Å². The number of carbonyl (C=O) groups is 1. The van der Waals surface area contributed by atoms with Crippen molar-refractivity contribution >= 4 is 39.2 Å². The van der Waals surface area contributed by atoms with Crippen LogP contribution in [0.2, 0.25) is 10.0 Å². The quantitative estimate of drug-likeness (QED) is 0.255. The van der Waals surface area contributed by atoms with E-state index in [1.54, 1.807) is 24.3 Å². The molecule has 0 radical (unpaired) electrons. The minimum atomic E-state index is -3.91. The molecule has 2 atom stereocenters. The number of carbonyl (C=O) groups excluding carboxylic acids is 1. The highest BCUT2D eigenvalue weighted by Gasteiger charge is 2.40. The maximum atomic E-state index is 13.2. The van der Waals surface area contributed by atoms with Gasteiger partial charge in [-0.3, -0.25) is 9.78 Å². The van der Waals surface area contributed by atoms with Crippen LogP contribution in [0.1, 0.15) is 29.9 Å². The zero-order valence-corrected chi connectivity index (χ0v) is 23.6. The molecule has 0 N–H and O–H groups in total. The SMILES string of the molecule is COc1cc([C@@H](COC(=O)[C@@H]2CCCN2S(=O)(=O)c2ccccc2)Cc2c(Cl)cncc2Cl)ccc1OC(F)F. The van der Waals surface area contributed by atoms with E-state index in [-0.39, 0.29) is 36.0 Å². The molecule has 1 aliphatic rings. The van der Waals surface area contributed by atoms with Gasteiger partial charge in [0.15, 0.2) is 11.5 Å². The van der Waals surface area contributed by atoms with E-state index in [4.69, 9.17) is 32.7 Å².